The molecule has 1 heterocycles. The molecular weight excluding hydrogens is 205 g/mol. The third-order valence-electron chi connectivity index (χ3n) is 3.02. The Bertz CT molecular complexity index is 348. The summed E-state index contributed by atoms with van der Waals surface area (Å²) in [5.41, 5.74) is 1.85. The molecule has 0 N–H and O–H groups in total. The van der Waals surface area contributed by atoms with Gasteiger partial charge in [0.15, 0.2) is 0 Å². The molecule has 0 unspecified atom stereocenters. The standard InChI is InChI=1S/C13H18FNO/c1-2-11-3-4-12(13(14)9-11)10-15-5-7-16-8-6-15/h3-4,9H,2,5-8,10H2,1H3. The number of morpholine rings is 1. The van der Waals surface area contributed by atoms with Crippen LogP contribution in [-0.4, -0.2) is 31.2 Å². The lowest BCUT2D eigenvalue weighted by molar-refractivity contribution is 0.0337. The Morgan fingerprint density at radius 3 is 2.69 bits per heavy atom. The van der Waals surface area contributed by atoms with E-state index in [4.69, 9.17) is 4.74 Å². The molecule has 88 valence electrons. The molecule has 0 spiro atoms. The van der Waals surface area contributed by atoms with Gasteiger partial charge < -0.3 is 4.74 Å². The first-order chi connectivity index (χ1) is 7.79. The van der Waals surface area contributed by atoms with Gasteiger partial charge in [-0.2, -0.15) is 0 Å². The van der Waals surface area contributed by atoms with Gasteiger partial charge in [0.25, 0.3) is 0 Å². The first-order valence-electron chi connectivity index (χ1n) is 5.87. The van der Waals surface area contributed by atoms with Crippen LogP contribution in [0.15, 0.2) is 18.2 Å². The van der Waals surface area contributed by atoms with Gasteiger partial charge in [-0.1, -0.05) is 19.1 Å². The fourth-order valence-electron chi connectivity index (χ4n) is 1.94. The van der Waals surface area contributed by atoms with Gasteiger partial charge in [-0.15, -0.1) is 0 Å². The zero-order valence-corrected chi connectivity index (χ0v) is 9.71. The van der Waals surface area contributed by atoms with Crippen LogP contribution in [-0.2, 0) is 17.7 Å². The van der Waals surface area contributed by atoms with Crippen molar-refractivity contribution in [3.63, 3.8) is 0 Å². The molecule has 1 aliphatic heterocycles. The smallest absolute Gasteiger partial charge is 0.127 e. The maximum absolute atomic E-state index is 13.7. The lowest BCUT2D eigenvalue weighted by atomic mass is 10.1. The van der Waals surface area contributed by atoms with Crippen LogP contribution in [0.1, 0.15) is 18.1 Å². The van der Waals surface area contributed by atoms with Crippen molar-refractivity contribution in [1.82, 2.24) is 4.90 Å². The third-order valence-corrected chi connectivity index (χ3v) is 3.02. The van der Waals surface area contributed by atoms with Crippen LogP contribution in [0, 0.1) is 5.82 Å². The van der Waals surface area contributed by atoms with Crippen LogP contribution in [0.3, 0.4) is 0 Å². The van der Waals surface area contributed by atoms with Crippen molar-refractivity contribution < 1.29 is 9.13 Å². The molecule has 0 radical (unpaired) electrons. The lowest BCUT2D eigenvalue weighted by Crippen LogP contribution is -2.35. The number of hydrogen-bond donors (Lipinski definition) is 0. The molecule has 1 aromatic carbocycles. The highest BCUT2D eigenvalue weighted by atomic mass is 19.1. The van der Waals surface area contributed by atoms with Crippen molar-refractivity contribution in [1.29, 1.82) is 0 Å². The van der Waals surface area contributed by atoms with Gasteiger partial charge in [-0.25, -0.2) is 4.39 Å². The second-order valence-electron chi connectivity index (χ2n) is 4.17. The minimum Gasteiger partial charge on any atom is -0.379 e. The zero-order chi connectivity index (χ0) is 11.4. The molecule has 1 fully saturated rings. The van der Waals surface area contributed by atoms with Crippen molar-refractivity contribution in [2.24, 2.45) is 0 Å². The SMILES string of the molecule is CCc1ccc(CN2CCOCC2)c(F)c1. The number of aryl methyl sites for hydroxylation is 1. The summed E-state index contributed by atoms with van der Waals surface area (Å²) in [5.74, 6) is -0.0779. The van der Waals surface area contributed by atoms with Crippen LogP contribution < -0.4 is 0 Å². The Balaban J connectivity index is 2.03. The molecule has 0 amide bonds. The second-order valence-corrected chi connectivity index (χ2v) is 4.17. The monoisotopic (exact) mass is 223 g/mol. The molecule has 0 atom stereocenters. The Labute approximate surface area is 96.0 Å². The van der Waals surface area contributed by atoms with E-state index < -0.39 is 0 Å². The molecule has 1 aromatic rings. The van der Waals surface area contributed by atoms with Crippen molar-refractivity contribution in [3.8, 4) is 0 Å². The molecule has 0 aliphatic carbocycles. The zero-order valence-electron chi connectivity index (χ0n) is 9.71. The highest BCUT2D eigenvalue weighted by Crippen LogP contribution is 2.14. The minimum absolute atomic E-state index is 0.0779. The summed E-state index contributed by atoms with van der Waals surface area (Å²) in [5, 5.41) is 0. The van der Waals surface area contributed by atoms with Crippen LogP contribution >= 0.6 is 0 Å². The van der Waals surface area contributed by atoms with Gasteiger partial charge in [0, 0.05) is 25.2 Å². The second kappa shape index (κ2) is 5.41. The van der Waals surface area contributed by atoms with E-state index in [2.05, 4.69) is 4.90 Å². The summed E-state index contributed by atoms with van der Waals surface area (Å²) in [4.78, 5) is 2.23. The number of nitrogens with zero attached hydrogens (tertiary/aromatic N) is 1. The van der Waals surface area contributed by atoms with Crippen LogP contribution in [0.2, 0.25) is 0 Å². The third kappa shape index (κ3) is 2.80. The molecule has 1 aliphatic rings. The van der Waals surface area contributed by atoms with Gasteiger partial charge in [-0.3, -0.25) is 4.90 Å². The predicted octanol–water partition coefficient (Wildman–Crippen LogP) is 2.22. The van der Waals surface area contributed by atoms with Gasteiger partial charge in [0.2, 0.25) is 0 Å². The molecule has 2 nitrogen and oxygen atoms in total. The summed E-state index contributed by atoms with van der Waals surface area (Å²) in [6.45, 7) is 6.04. The molecule has 1 saturated heterocycles. The van der Waals surface area contributed by atoms with E-state index in [0.29, 0.717) is 6.54 Å². The van der Waals surface area contributed by atoms with Gasteiger partial charge in [0.1, 0.15) is 5.82 Å². The molecule has 0 saturated carbocycles. The lowest BCUT2D eigenvalue weighted by Gasteiger charge is -2.26. The van der Waals surface area contributed by atoms with E-state index in [1.165, 1.54) is 0 Å². The molecule has 2 rings (SSSR count). The average molecular weight is 223 g/mol. The molecule has 3 heteroatoms. The maximum atomic E-state index is 13.7. The average Bonchev–Trinajstić information content (AvgIpc) is 2.33. The van der Waals surface area contributed by atoms with E-state index in [9.17, 15) is 4.39 Å². The fourth-order valence-corrected chi connectivity index (χ4v) is 1.94. The molecular formula is C13H18FNO. The number of benzene rings is 1. The predicted molar refractivity (Wildman–Crippen MR) is 61.9 cm³/mol. The van der Waals surface area contributed by atoms with Crippen molar-refractivity contribution in [2.45, 2.75) is 19.9 Å². The summed E-state index contributed by atoms with van der Waals surface area (Å²) in [7, 11) is 0. The van der Waals surface area contributed by atoms with Crippen molar-refractivity contribution in [3.05, 3.63) is 35.1 Å². The first-order valence-corrected chi connectivity index (χ1v) is 5.87. The minimum atomic E-state index is -0.0779. The Morgan fingerprint density at radius 2 is 2.06 bits per heavy atom. The topological polar surface area (TPSA) is 12.5 Å². The van der Waals surface area contributed by atoms with Gasteiger partial charge in [-0.05, 0) is 18.1 Å². The fraction of sp³-hybridized carbons (Fsp3) is 0.538. The summed E-state index contributed by atoms with van der Waals surface area (Å²) in [6.07, 6.45) is 0.884. The number of hydrogen-bond acceptors (Lipinski definition) is 2. The van der Waals surface area contributed by atoms with E-state index >= 15 is 0 Å². The molecule has 16 heavy (non-hydrogen) atoms. The highest BCUT2D eigenvalue weighted by molar-refractivity contribution is 5.24. The van der Waals surface area contributed by atoms with Crippen molar-refractivity contribution in [2.75, 3.05) is 26.3 Å². The Morgan fingerprint density at radius 1 is 1.31 bits per heavy atom. The first kappa shape index (κ1) is 11.6. The molecule has 0 aromatic heterocycles. The van der Waals surface area contributed by atoms with E-state index in [-0.39, 0.29) is 5.82 Å². The summed E-state index contributed by atoms with van der Waals surface area (Å²) in [6, 6.07) is 5.57. The van der Waals surface area contributed by atoms with E-state index in [0.717, 1.165) is 43.9 Å². The Kier molecular flexibility index (Phi) is 3.91. The largest absolute Gasteiger partial charge is 0.379 e. The van der Waals surface area contributed by atoms with Gasteiger partial charge in [0.05, 0.1) is 13.2 Å². The summed E-state index contributed by atoms with van der Waals surface area (Å²) >= 11 is 0. The van der Waals surface area contributed by atoms with Crippen LogP contribution in [0.25, 0.3) is 0 Å². The maximum Gasteiger partial charge on any atom is 0.127 e. The van der Waals surface area contributed by atoms with E-state index in [1.54, 1.807) is 6.07 Å². The highest BCUT2D eigenvalue weighted by Gasteiger charge is 2.12. The normalized spacial score (nSPS) is 17.6. The van der Waals surface area contributed by atoms with Gasteiger partial charge >= 0.3 is 0 Å². The Hall–Kier alpha value is -0.930. The summed E-state index contributed by atoms with van der Waals surface area (Å²) < 4.78 is 19.0. The van der Waals surface area contributed by atoms with E-state index in [1.807, 2.05) is 19.1 Å². The number of halogens is 1. The van der Waals surface area contributed by atoms with Crippen molar-refractivity contribution >= 4 is 0 Å². The number of rotatable bonds is 3. The quantitative estimate of drug-likeness (QED) is 0.779. The molecule has 0 bridgehead atoms. The number of ether oxygens (including phenoxy) is 1. The van der Waals surface area contributed by atoms with Crippen LogP contribution in [0.4, 0.5) is 4.39 Å². The van der Waals surface area contributed by atoms with Crippen LogP contribution in [0.5, 0.6) is 0 Å².